The van der Waals surface area contributed by atoms with E-state index in [0.717, 1.165) is 11.3 Å². The average Bonchev–Trinajstić information content (AvgIpc) is 2.22. The molecule has 15 heavy (non-hydrogen) atoms. The number of hydrogen-bond donors (Lipinski definition) is 0. The summed E-state index contributed by atoms with van der Waals surface area (Å²) in [5.74, 6) is -0.254. The normalized spacial score (nSPS) is 10.3. The Bertz CT molecular complexity index is 545. The molecule has 0 aliphatic heterocycles. The van der Waals surface area contributed by atoms with Crippen molar-refractivity contribution >= 4 is 12.2 Å². The van der Waals surface area contributed by atoms with Crippen LogP contribution in [0.15, 0.2) is 42.6 Å². The summed E-state index contributed by atoms with van der Waals surface area (Å²) in [6, 6.07) is 10.2. The Morgan fingerprint density at radius 1 is 1.20 bits per heavy atom. The van der Waals surface area contributed by atoms with Crippen LogP contribution in [-0.2, 0) is 0 Å². The van der Waals surface area contributed by atoms with E-state index < -0.39 is 0 Å². The highest BCUT2D eigenvalue weighted by Gasteiger charge is 1.98. The summed E-state index contributed by atoms with van der Waals surface area (Å²) in [6.45, 7) is 1.98. The van der Waals surface area contributed by atoms with E-state index in [-0.39, 0.29) is 5.82 Å². The molecular formula is C12H10FNS. The summed E-state index contributed by atoms with van der Waals surface area (Å²) in [6.07, 6.45) is 1.90. The molecule has 0 saturated heterocycles. The first-order valence-corrected chi connectivity index (χ1v) is 5.03. The molecular weight excluding hydrogens is 209 g/mol. The maximum atomic E-state index is 13.0. The van der Waals surface area contributed by atoms with Crippen LogP contribution in [0.4, 0.5) is 4.39 Å². The van der Waals surface area contributed by atoms with Crippen molar-refractivity contribution in [2.75, 3.05) is 0 Å². The third-order valence-electron chi connectivity index (χ3n) is 2.15. The molecule has 0 unspecified atom stereocenters. The lowest BCUT2D eigenvalue weighted by molar-refractivity contribution is 0.626. The van der Waals surface area contributed by atoms with Gasteiger partial charge in [-0.05, 0) is 36.8 Å². The van der Waals surface area contributed by atoms with Crippen molar-refractivity contribution in [2.24, 2.45) is 0 Å². The van der Waals surface area contributed by atoms with Crippen LogP contribution >= 0.6 is 12.2 Å². The fourth-order valence-corrected chi connectivity index (χ4v) is 1.65. The average molecular weight is 219 g/mol. The number of nitrogens with zero attached hydrogens (tertiary/aromatic N) is 1. The maximum absolute atomic E-state index is 13.0. The van der Waals surface area contributed by atoms with E-state index >= 15 is 0 Å². The zero-order chi connectivity index (χ0) is 10.8. The number of rotatable bonds is 1. The van der Waals surface area contributed by atoms with Gasteiger partial charge in [0.15, 0.2) is 0 Å². The molecule has 0 aliphatic carbocycles. The quantitative estimate of drug-likeness (QED) is 0.663. The van der Waals surface area contributed by atoms with Gasteiger partial charge in [-0.1, -0.05) is 24.4 Å². The number of pyridine rings is 1. The van der Waals surface area contributed by atoms with Crippen molar-refractivity contribution in [2.45, 2.75) is 6.92 Å². The molecule has 0 amide bonds. The maximum Gasteiger partial charge on any atom is 0.125 e. The Kier molecular flexibility index (Phi) is 2.64. The van der Waals surface area contributed by atoms with Crippen molar-refractivity contribution in [1.29, 1.82) is 0 Å². The van der Waals surface area contributed by atoms with Crippen molar-refractivity contribution in [3.05, 3.63) is 58.6 Å². The number of aromatic nitrogens is 1. The second-order valence-corrected chi connectivity index (χ2v) is 3.81. The van der Waals surface area contributed by atoms with E-state index in [1.54, 1.807) is 10.6 Å². The lowest BCUT2D eigenvalue weighted by Gasteiger charge is -2.07. The SMILES string of the molecule is Cc1ccc(=S)n(-c2cccc(F)c2)c1. The zero-order valence-corrected chi connectivity index (χ0v) is 9.09. The molecule has 1 aromatic carbocycles. The first-order chi connectivity index (χ1) is 7.16. The fourth-order valence-electron chi connectivity index (χ4n) is 1.42. The van der Waals surface area contributed by atoms with Gasteiger partial charge in [-0.3, -0.25) is 0 Å². The largest absolute Gasteiger partial charge is 0.308 e. The highest BCUT2D eigenvalue weighted by atomic mass is 32.1. The Hall–Kier alpha value is -1.48. The zero-order valence-electron chi connectivity index (χ0n) is 8.27. The van der Waals surface area contributed by atoms with Crippen LogP contribution in [0.5, 0.6) is 0 Å². The number of benzene rings is 1. The van der Waals surface area contributed by atoms with Crippen LogP contribution in [0.1, 0.15) is 5.56 Å². The molecule has 0 atom stereocenters. The van der Waals surface area contributed by atoms with Crippen LogP contribution in [-0.4, -0.2) is 4.57 Å². The second kappa shape index (κ2) is 3.95. The summed E-state index contributed by atoms with van der Waals surface area (Å²) in [4.78, 5) is 0. The van der Waals surface area contributed by atoms with Gasteiger partial charge >= 0.3 is 0 Å². The molecule has 0 aliphatic rings. The van der Waals surface area contributed by atoms with Crippen LogP contribution in [0.25, 0.3) is 5.69 Å². The van der Waals surface area contributed by atoms with E-state index in [4.69, 9.17) is 12.2 Å². The van der Waals surface area contributed by atoms with E-state index in [0.29, 0.717) is 4.64 Å². The van der Waals surface area contributed by atoms with Crippen molar-refractivity contribution in [1.82, 2.24) is 4.57 Å². The minimum atomic E-state index is -0.254. The van der Waals surface area contributed by atoms with Crippen LogP contribution in [0.2, 0.25) is 0 Å². The number of hydrogen-bond acceptors (Lipinski definition) is 1. The van der Waals surface area contributed by atoms with E-state index in [1.807, 2.05) is 31.3 Å². The van der Waals surface area contributed by atoms with Gasteiger partial charge in [-0.25, -0.2) is 4.39 Å². The number of halogens is 1. The molecule has 0 bridgehead atoms. The predicted molar refractivity (Wildman–Crippen MR) is 61.3 cm³/mol. The monoisotopic (exact) mass is 219 g/mol. The summed E-state index contributed by atoms with van der Waals surface area (Å²) >= 11 is 5.18. The van der Waals surface area contributed by atoms with Gasteiger partial charge in [0.1, 0.15) is 10.5 Å². The van der Waals surface area contributed by atoms with E-state index in [2.05, 4.69) is 0 Å². The topological polar surface area (TPSA) is 4.93 Å². The van der Waals surface area contributed by atoms with Gasteiger partial charge < -0.3 is 4.57 Å². The number of aryl methyl sites for hydroxylation is 1. The minimum absolute atomic E-state index is 0.254. The summed E-state index contributed by atoms with van der Waals surface area (Å²) in [5, 5.41) is 0. The smallest absolute Gasteiger partial charge is 0.125 e. The Balaban J connectivity index is 2.63. The molecule has 0 spiro atoms. The van der Waals surface area contributed by atoms with Gasteiger partial charge in [-0.2, -0.15) is 0 Å². The van der Waals surface area contributed by atoms with E-state index in [1.165, 1.54) is 12.1 Å². The standard InChI is InChI=1S/C12H10FNS/c1-9-5-6-12(15)14(8-9)11-4-2-3-10(13)7-11/h2-8H,1H3. The first-order valence-electron chi connectivity index (χ1n) is 4.62. The fraction of sp³-hybridized carbons (Fsp3) is 0.0833. The highest BCUT2D eigenvalue weighted by Crippen LogP contribution is 2.11. The van der Waals surface area contributed by atoms with Crippen molar-refractivity contribution in [3.63, 3.8) is 0 Å². The molecule has 2 rings (SSSR count). The molecule has 1 heterocycles. The van der Waals surface area contributed by atoms with E-state index in [9.17, 15) is 4.39 Å². The van der Waals surface area contributed by atoms with Gasteiger partial charge in [0.2, 0.25) is 0 Å². The molecule has 76 valence electrons. The minimum Gasteiger partial charge on any atom is -0.308 e. The molecule has 1 aromatic heterocycles. The molecule has 0 N–H and O–H groups in total. The van der Waals surface area contributed by atoms with Crippen molar-refractivity contribution in [3.8, 4) is 5.69 Å². The molecule has 0 saturated carbocycles. The molecule has 3 heteroatoms. The Morgan fingerprint density at radius 2 is 2.00 bits per heavy atom. The third kappa shape index (κ3) is 2.13. The highest BCUT2D eigenvalue weighted by molar-refractivity contribution is 7.71. The first kappa shape index (κ1) is 10.1. The van der Waals surface area contributed by atoms with Crippen molar-refractivity contribution < 1.29 is 4.39 Å². The Labute approximate surface area is 92.8 Å². The lowest BCUT2D eigenvalue weighted by atomic mass is 10.2. The Morgan fingerprint density at radius 3 is 2.73 bits per heavy atom. The van der Waals surface area contributed by atoms with Gasteiger partial charge in [0.25, 0.3) is 0 Å². The van der Waals surface area contributed by atoms with Gasteiger partial charge in [0.05, 0.1) is 0 Å². The molecule has 1 nitrogen and oxygen atoms in total. The van der Waals surface area contributed by atoms with Crippen LogP contribution in [0.3, 0.4) is 0 Å². The van der Waals surface area contributed by atoms with Crippen LogP contribution < -0.4 is 0 Å². The molecule has 0 fully saturated rings. The van der Waals surface area contributed by atoms with Gasteiger partial charge in [-0.15, -0.1) is 0 Å². The summed E-state index contributed by atoms with van der Waals surface area (Å²) < 4.78 is 15.5. The molecule has 0 radical (unpaired) electrons. The second-order valence-electron chi connectivity index (χ2n) is 3.39. The predicted octanol–water partition coefficient (Wildman–Crippen LogP) is 3.65. The summed E-state index contributed by atoms with van der Waals surface area (Å²) in [5.41, 5.74) is 1.84. The summed E-state index contributed by atoms with van der Waals surface area (Å²) in [7, 11) is 0. The van der Waals surface area contributed by atoms with Gasteiger partial charge in [0, 0.05) is 11.9 Å². The lowest BCUT2D eigenvalue weighted by Crippen LogP contribution is -1.97. The third-order valence-corrected chi connectivity index (χ3v) is 2.48. The molecule has 2 aromatic rings. The van der Waals surface area contributed by atoms with Crippen LogP contribution in [0, 0.1) is 17.4 Å².